The zero-order valence-electron chi connectivity index (χ0n) is 11.4. The van der Waals surface area contributed by atoms with Gasteiger partial charge in [-0.1, -0.05) is 25.1 Å². The number of carbonyl (C=O) groups excluding carboxylic acids is 1. The van der Waals surface area contributed by atoms with E-state index in [9.17, 15) is 4.79 Å². The Bertz CT molecular complexity index is 291. The molecule has 18 heavy (non-hydrogen) atoms. The van der Waals surface area contributed by atoms with E-state index in [0.717, 1.165) is 19.3 Å². The van der Waals surface area contributed by atoms with Crippen molar-refractivity contribution in [2.45, 2.75) is 57.6 Å². The van der Waals surface area contributed by atoms with Gasteiger partial charge in [-0.25, -0.2) is 0 Å². The summed E-state index contributed by atoms with van der Waals surface area (Å²) in [5.74, 6) is 0.151. The van der Waals surface area contributed by atoms with Gasteiger partial charge in [0.05, 0.1) is 17.6 Å². The van der Waals surface area contributed by atoms with Gasteiger partial charge in [-0.2, -0.15) is 0 Å². The average Bonchev–Trinajstić information content (AvgIpc) is 2.85. The Labute approximate surface area is 115 Å². The summed E-state index contributed by atoms with van der Waals surface area (Å²) >= 11 is 4.94. The van der Waals surface area contributed by atoms with Crippen LogP contribution in [0, 0.1) is 0 Å². The molecule has 0 spiro atoms. The molecule has 1 fully saturated rings. The Morgan fingerprint density at radius 1 is 1.50 bits per heavy atom. The molecule has 0 aromatic carbocycles. The number of methoxy groups -OCH3 is 1. The minimum Gasteiger partial charge on any atom is -0.392 e. The van der Waals surface area contributed by atoms with Crippen LogP contribution in [0.5, 0.6) is 0 Å². The van der Waals surface area contributed by atoms with Crippen LogP contribution in [0.2, 0.25) is 0 Å². The van der Waals surface area contributed by atoms with Crippen molar-refractivity contribution in [3.63, 3.8) is 0 Å². The second-order valence-corrected chi connectivity index (χ2v) is 5.54. The summed E-state index contributed by atoms with van der Waals surface area (Å²) in [6, 6.07) is 0.330. The number of rotatable bonds is 7. The number of nitrogens with zero attached hydrogens (tertiary/aromatic N) is 1. The first-order valence-corrected chi connectivity index (χ1v) is 7.06. The highest BCUT2D eigenvalue weighted by Gasteiger charge is 2.26. The molecule has 0 bridgehead atoms. The van der Waals surface area contributed by atoms with Crippen LogP contribution in [-0.2, 0) is 9.53 Å². The van der Waals surface area contributed by atoms with Crippen molar-refractivity contribution in [2.24, 2.45) is 5.73 Å². The van der Waals surface area contributed by atoms with E-state index in [4.69, 9.17) is 22.7 Å². The van der Waals surface area contributed by atoms with E-state index in [1.165, 1.54) is 12.8 Å². The fourth-order valence-corrected chi connectivity index (χ4v) is 2.53. The molecule has 1 amide bonds. The molecule has 0 aliphatic heterocycles. The van der Waals surface area contributed by atoms with Crippen LogP contribution in [0.3, 0.4) is 0 Å². The maximum Gasteiger partial charge on any atom is 0.223 e. The standard InChI is InChI=1S/C13H24N2O2S/c1-10(17-2)7-8-13(16)15(9-12(14)18)11-5-3-4-6-11/h10-11H,3-9H2,1-2H3,(H2,14,18). The highest BCUT2D eigenvalue weighted by atomic mass is 32.1. The Balaban J connectivity index is 2.52. The smallest absolute Gasteiger partial charge is 0.223 e. The van der Waals surface area contributed by atoms with Crippen LogP contribution in [-0.4, -0.2) is 41.6 Å². The summed E-state index contributed by atoms with van der Waals surface area (Å²) in [5.41, 5.74) is 5.59. The average molecular weight is 272 g/mol. The van der Waals surface area contributed by atoms with Crippen LogP contribution >= 0.6 is 12.2 Å². The summed E-state index contributed by atoms with van der Waals surface area (Å²) in [6.45, 7) is 2.39. The summed E-state index contributed by atoms with van der Waals surface area (Å²) in [6.07, 6.45) is 5.91. The van der Waals surface area contributed by atoms with Gasteiger partial charge in [0, 0.05) is 19.6 Å². The number of thiocarbonyl (C=S) groups is 1. The molecule has 2 N–H and O–H groups in total. The van der Waals surface area contributed by atoms with E-state index in [-0.39, 0.29) is 12.0 Å². The summed E-state index contributed by atoms with van der Waals surface area (Å²) in [7, 11) is 1.67. The van der Waals surface area contributed by atoms with Crippen molar-refractivity contribution < 1.29 is 9.53 Å². The number of hydrogen-bond donors (Lipinski definition) is 1. The molecule has 0 aromatic heterocycles. The lowest BCUT2D eigenvalue weighted by Crippen LogP contribution is -2.43. The molecule has 1 aliphatic carbocycles. The van der Waals surface area contributed by atoms with Crippen LogP contribution < -0.4 is 5.73 Å². The molecule has 5 heteroatoms. The lowest BCUT2D eigenvalue weighted by atomic mass is 10.1. The lowest BCUT2D eigenvalue weighted by molar-refractivity contribution is -0.133. The first-order valence-electron chi connectivity index (χ1n) is 6.65. The van der Waals surface area contributed by atoms with Gasteiger partial charge in [-0.15, -0.1) is 0 Å². The van der Waals surface area contributed by atoms with Crippen LogP contribution in [0.4, 0.5) is 0 Å². The molecular formula is C13H24N2O2S. The van der Waals surface area contributed by atoms with Crippen molar-refractivity contribution in [1.82, 2.24) is 4.90 Å². The van der Waals surface area contributed by atoms with Crippen LogP contribution in [0.15, 0.2) is 0 Å². The summed E-state index contributed by atoms with van der Waals surface area (Å²) < 4.78 is 5.17. The third-order valence-electron chi connectivity index (χ3n) is 3.58. The minimum atomic E-state index is 0.115. The van der Waals surface area contributed by atoms with Gasteiger partial charge in [0.25, 0.3) is 0 Å². The van der Waals surface area contributed by atoms with Crippen molar-refractivity contribution in [3.05, 3.63) is 0 Å². The largest absolute Gasteiger partial charge is 0.392 e. The Hall–Kier alpha value is -0.680. The molecule has 0 saturated heterocycles. The molecule has 104 valence electrons. The topological polar surface area (TPSA) is 55.6 Å². The fourth-order valence-electron chi connectivity index (χ4n) is 2.39. The molecule has 0 radical (unpaired) electrons. The quantitative estimate of drug-likeness (QED) is 0.719. The third kappa shape index (κ3) is 4.90. The van der Waals surface area contributed by atoms with Gasteiger partial charge in [-0.3, -0.25) is 4.79 Å². The van der Waals surface area contributed by atoms with Gasteiger partial charge in [0.2, 0.25) is 5.91 Å². The predicted molar refractivity (Wildman–Crippen MR) is 76.5 cm³/mol. The van der Waals surface area contributed by atoms with Crippen molar-refractivity contribution in [2.75, 3.05) is 13.7 Å². The molecule has 1 saturated carbocycles. The first-order chi connectivity index (χ1) is 8.54. The van der Waals surface area contributed by atoms with E-state index in [1.54, 1.807) is 7.11 Å². The van der Waals surface area contributed by atoms with Crippen molar-refractivity contribution in [3.8, 4) is 0 Å². The molecule has 1 atom stereocenters. The number of carbonyl (C=O) groups is 1. The number of amides is 1. The monoisotopic (exact) mass is 272 g/mol. The number of ether oxygens (including phenoxy) is 1. The minimum absolute atomic E-state index is 0.115. The van der Waals surface area contributed by atoms with E-state index in [2.05, 4.69) is 0 Å². The molecule has 1 aliphatic rings. The summed E-state index contributed by atoms with van der Waals surface area (Å²) in [5, 5.41) is 0. The third-order valence-corrected chi connectivity index (χ3v) is 3.71. The zero-order valence-corrected chi connectivity index (χ0v) is 12.2. The second-order valence-electron chi connectivity index (χ2n) is 5.01. The second kappa shape index (κ2) is 7.69. The highest BCUT2D eigenvalue weighted by Crippen LogP contribution is 2.24. The van der Waals surface area contributed by atoms with E-state index in [0.29, 0.717) is 24.0 Å². The Kier molecular flexibility index (Phi) is 6.57. The lowest BCUT2D eigenvalue weighted by Gasteiger charge is -2.29. The molecule has 4 nitrogen and oxygen atoms in total. The molecule has 1 rings (SSSR count). The van der Waals surface area contributed by atoms with Gasteiger partial charge >= 0.3 is 0 Å². The number of hydrogen-bond acceptors (Lipinski definition) is 3. The van der Waals surface area contributed by atoms with E-state index in [1.807, 2.05) is 11.8 Å². The molecular weight excluding hydrogens is 248 g/mol. The fraction of sp³-hybridized carbons (Fsp3) is 0.846. The van der Waals surface area contributed by atoms with Gasteiger partial charge in [-0.05, 0) is 26.2 Å². The van der Waals surface area contributed by atoms with Gasteiger partial charge in [0.1, 0.15) is 0 Å². The van der Waals surface area contributed by atoms with Crippen LogP contribution in [0.25, 0.3) is 0 Å². The normalized spacial score (nSPS) is 17.7. The molecule has 0 heterocycles. The van der Waals surface area contributed by atoms with E-state index < -0.39 is 0 Å². The number of nitrogens with two attached hydrogens (primary N) is 1. The van der Waals surface area contributed by atoms with Gasteiger partial charge in [0.15, 0.2) is 0 Å². The highest BCUT2D eigenvalue weighted by molar-refractivity contribution is 7.80. The Morgan fingerprint density at radius 3 is 2.61 bits per heavy atom. The van der Waals surface area contributed by atoms with Crippen molar-refractivity contribution in [1.29, 1.82) is 0 Å². The van der Waals surface area contributed by atoms with Gasteiger partial charge < -0.3 is 15.4 Å². The Morgan fingerprint density at radius 2 is 2.11 bits per heavy atom. The van der Waals surface area contributed by atoms with Crippen molar-refractivity contribution >= 4 is 23.1 Å². The molecule has 0 aromatic rings. The first kappa shape index (κ1) is 15.4. The zero-order chi connectivity index (χ0) is 13.5. The summed E-state index contributed by atoms with van der Waals surface area (Å²) in [4.78, 5) is 14.5. The maximum absolute atomic E-state index is 12.2. The SMILES string of the molecule is COC(C)CCC(=O)N(CC(N)=S)C1CCCC1. The maximum atomic E-state index is 12.2. The molecule has 1 unspecified atom stereocenters. The predicted octanol–water partition coefficient (Wildman–Crippen LogP) is 1.86. The van der Waals surface area contributed by atoms with Crippen LogP contribution in [0.1, 0.15) is 45.4 Å². The van der Waals surface area contributed by atoms with E-state index >= 15 is 0 Å².